The molecule has 0 N–H and O–H groups in total. The van der Waals surface area contributed by atoms with Crippen LogP contribution in [0.15, 0.2) is 5.10 Å². The van der Waals surface area contributed by atoms with E-state index in [0.29, 0.717) is 0 Å². The number of amides is 1. The van der Waals surface area contributed by atoms with Crippen molar-refractivity contribution in [3.63, 3.8) is 0 Å². The van der Waals surface area contributed by atoms with Crippen molar-refractivity contribution in [2.75, 3.05) is 7.05 Å². The van der Waals surface area contributed by atoms with Gasteiger partial charge in [-0.15, -0.1) is 0 Å². The fourth-order valence-corrected chi connectivity index (χ4v) is 1.91. The highest BCUT2D eigenvalue weighted by Gasteiger charge is 2.46. The number of rotatable bonds is 0. The zero-order valence-electron chi connectivity index (χ0n) is 9.30. The van der Waals surface area contributed by atoms with E-state index in [9.17, 15) is 4.79 Å². The predicted molar refractivity (Wildman–Crippen MR) is 53.4 cm³/mol. The maximum absolute atomic E-state index is 11.7. The standard InChI is InChI=1S/C10H18N2O/c1-9(2,3)7-10(4,5)8(13)12(6)11-7/h1-6H3. The number of nitrogens with zero attached hydrogens (tertiary/aromatic N) is 2. The summed E-state index contributed by atoms with van der Waals surface area (Å²) in [6.07, 6.45) is 0. The van der Waals surface area contributed by atoms with Gasteiger partial charge in [0.2, 0.25) is 0 Å². The van der Waals surface area contributed by atoms with Gasteiger partial charge in [-0.1, -0.05) is 20.8 Å². The van der Waals surface area contributed by atoms with E-state index in [1.54, 1.807) is 7.05 Å². The molecular formula is C10H18N2O. The Balaban J connectivity index is 3.13. The molecule has 0 fully saturated rings. The van der Waals surface area contributed by atoms with Gasteiger partial charge in [0.15, 0.2) is 0 Å². The second kappa shape index (κ2) is 2.56. The Hall–Kier alpha value is -0.860. The molecule has 0 saturated heterocycles. The van der Waals surface area contributed by atoms with Crippen LogP contribution in [0.2, 0.25) is 0 Å². The van der Waals surface area contributed by atoms with Crippen molar-refractivity contribution in [1.29, 1.82) is 0 Å². The fraction of sp³-hybridized carbons (Fsp3) is 0.800. The molecule has 0 aliphatic carbocycles. The monoisotopic (exact) mass is 182 g/mol. The van der Waals surface area contributed by atoms with Crippen molar-refractivity contribution in [3.8, 4) is 0 Å². The van der Waals surface area contributed by atoms with Crippen molar-refractivity contribution < 1.29 is 4.79 Å². The quantitative estimate of drug-likeness (QED) is 0.563. The Labute approximate surface area is 79.8 Å². The first-order valence-corrected chi connectivity index (χ1v) is 4.55. The van der Waals surface area contributed by atoms with Crippen molar-refractivity contribution >= 4 is 11.6 Å². The van der Waals surface area contributed by atoms with Crippen LogP contribution in [0.1, 0.15) is 34.6 Å². The third kappa shape index (κ3) is 1.47. The summed E-state index contributed by atoms with van der Waals surface area (Å²) >= 11 is 0. The smallest absolute Gasteiger partial charge is 0.253 e. The van der Waals surface area contributed by atoms with Gasteiger partial charge in [0.1, 0.15) is 0 Å². The molecule has 1 rings (SSSR count). The fourth-order valence-electron chi connectivity index (χ4n) is 1.91. The molecular weight excluding hydrogens is 164 g/mol. The van der Waals surface area contributed by atoms with Crippen LogP contribution in [-0.2, 0) is 4.79 Å². The molecule has 0 unspecified atom stereocenters. The average molecular weight is 182 g/mol. The van der Waals surface area contributed by atoms with E-state index < -0.39 is 5.41 Å². The minimum atomic E-state index is -0.438. The third-order valence-electron chi connectivity index (χ3n) is 2.38. The van der Waals surface area contributed by atoms with Crippen LogP contribution in [0.4, 0.5) is 0 Å². The summed E-state index contributed by atoms with van der Waals surface area (Å²) in [5, 5.41) is 5.74. The minimum Gasteiger partial charge on any atom is -0.272 e. The lowest BCUT2D eigenvalue weighted by atomic mass is 9.74. The summed E-state index contributed by atoms with van der Waals surface area (Å²) in [6, 6.07) is 0. The molecule has 1 amide bonds. The zero-order chi connectivity index (χ0) is 10.4. The van der Waals surface area contributed by atoms with Crippen LogP contribution in [-0.4, -0.2) is 23.7 Å². The summed E-state index contributed by atoms with van der Waals surface area (Å²) < 4.78 is 0. The van der Waals surface area contributed by atoms with Crippen LogP contribution >= 0.6 is 0 Å². The SMILES string of the molecule is CN1N=C(C(C)(C)C)C(C)(C)C1=O. The molecule has 0 aromatic rings. The molecule has 0 bridgehead atoms. The molecule has 1 aliphatic heterocycles. The van der Waals surface area contributed by atoms with E-state index in [0.717, 1.165) is 5.71 Å². The van der Waals surface area contributed by atoms with Gasteiger partial charge in [-0.05, 0) is 13.8 Å². The van der Waals surface area contributed by atoms with Crippen LogP contribution in [0, 0.1) is 10.8 Å². The molecule has 0 aromatic heterocycles. The molecule has 0 aromatic carbocycles. The number of hydrazone groups is 1. The van der Waals surface area contributed by atoms with Crippen molar-refractivity contribution in [1.82, 2.24) is 5.01 Å². The molecule has 3 nitrogen and oxygen atoms in total. The Morgan fingerprint density at radius 2 is 1.77 bits per heavy atom. The second-order valence-corrected chi connectivity index (χ2v) is 5.15. The number of carbonyl (C=O) groups excluding carboxylic acids is 1. The van der Waals surface area contributed by atoms with Gasteiger partial charge in [-0.2, -0.15) is 5.10 Å². The van der Waals surface area contributed by atoms with Crippen molar-refractivity contribution in [3.05, 3.63) is 0 Å². The van der Waals surface area contributed by atoms with Crippen LogP contribution in [0.3, 0.4) is 0 Å². The highest BCUT2D eigenvalue weighted by Crippen LogP contribution is 2.36. The van der Waals surface area contributed by atoms with Crippen molar-refractivity contribution in [2.45, 2.75) is 34.6 Å². The first kappa shape index (κ1) is 10.2. The lowest BCUT2D eigenvalue weighted by Crippen LogP contribution is -2.38. The van der Waals surface area contributed by atoms with Gasteiger partial charge in [-0.3, -0.25) is 4.79 Å². The summed E-state index contributed by atoms with van der Waals surface area (Å²) in [7, 11) is 1.71. The van der Waals surface area contributed by atoms with Gasteiger partial charge in [0, 0.05) is 12.5 Å². The van der Waals surface area contributed by atoms with Gasteiger partial charge >= 0.3 is 0 Å². The molecule has 0 atom stereocenters. The lowest BCUT2D eigenvalue weighted by Gasteiger charge is -2.27. The second-order valence-electron chi connectivity index (χ2n) is 5.15. The Bertz CT molecular complexity index is 271. The van der Waals surface area contributed by atoms with E-state index in [1.807, 2.05) is 13.8 Å². The van der Waals surface area contributed by atoms with E-state index >= 15 is 0 Å². The number of hydrogen-bond acceptors (Lipinski definition) is 2. The van der Waals surface area contributed by atoms with E-state index in [4.69, 9.17) is 0 Å². The Morgan fingerprint density at radius 1 is 1.31 bits per heavy atom. The molecule has 0 spiro atoms. The molecule has 74 valence electrons. The van der Waals surface area contributed by atoms with Crippen LogP contribution < -0.4 is 0 Å². The maximum Gasteiger partial charge on any atom is 0.253 e. The summed E-state index contributed by atoms with van der Waals surface area (Å²) in [6.45, 7) is 10.1. The molecule has 1 heterocycles. The molecule has 0 radical (unpaired) electrons. The highest BCUT2D eigenvalue weighted by atomic mass is 16.2. The average Bonchev–Trinajstić information content (AvgIpc) is 2.12. The normalized spacial score (nSPS) is 22.2. The Kier molecular flexibility index (Phi) is 2.02. The minimum absolute atomic E-state index is 0.0378. The van der Waals surface area contributed by atoms with E-state index in [1.165, 1.54) is 5.01 Å². The number of hydrogen-bond donors (Lipinski definition) is 0. The van der Waals surface area contributed by atoms with Gasteiger partial charge in [0.25, 0.3) is 5.91 Å². The molecule has 1 aliphatic rings. The van der Waals surface area contributed by atoms with Gasteiger partial charge in [0.05, 0.1) is 11.1 Å². The lowest BCUT2D eigenvalue weighted by molar-refractivity contribution is -0.133. The van der Waals surface area contributed by atoms with Gasteiger partial charge < -0.3 is 0 Å². The zero-order valence-corrected chi connectivity index (χ0v) is 9.30. The summed E-state index contributed by atoms with van der Waals surface area (Å²) in [5.41, 5.74) is 0.490. The van der Waals surface area contributed by atoms with Crippen molar-refractivity contribution in [2.24, 2.45) is 15.9 Å². The van der Waals surface area contributed by atoms with E-state index in [-0.39, 0.29) is 11.3 Å². The van der Waals surface area contributed by atoms with E-state index in [2.05, 4.69) is 25.9 Å². The third-order valence-corrected chi connectivity index (χ3v) is 2.38. The highest BCUT2D eigenvalue weighted by molar-refractivity contribution is 6.13. The van der Waals surface area contributed by atoms with Crippen LogP contribution in [0.25, 0.3) is 0 Å². The van der Waals surface area contributed by atoms with Crippen LogP contribution in [0.5, 0.6) is 0 Å². The predicted octanol–water partition coefficient (Wildman–Crippen LogP) is 1.89. The summed E-state index contributed by atoms with van der Waals surface area (Å²) in [5.74, 6) is 0.0809. The summed E-state index contributed by atoms with van der Waals surface area (Å²) in [4.78, 5) is 11.7. The first-order valence-electron chi connectivity index (χ1n) is 4.55. The molecule has 13 heavy (non-hydrogen) atoms. The molecule has 3 heteroatoms. The Morgan fingerprint density at radius 3 is 1.92 bits per heavy atom. The molecule has 0 saturated carbocycles. The maximum atomic E-state index is 11.7. The van der Waals surface area contributed by atoms with Gasteiger partial charge in [-0.25, -0.2) is 5.01 Å². The first-order chi connectivity index (χ1) is 5.67. The topological polar surface area (TPSA) is 32.7 Å². The largest absolute Gasteiger partial charge is 0.272 e. The number of carbonyl (C=O) groups is 1.